The molecule has 1 heterocycles. The summed E-state index contributed by atoms with van der Waals surface area (Å²) >= 11 is 1.98. The van der Waals surface area contributed by atoms with Crippen LogP contribution in [0.25, 0.3) is 0 Å². The van der Waals surface area contributed by atoms with E-state index in [-0.39, 0.29) is 5.75 Å². The van der Waals surface area contributed by atoms with Crippen LogP contribution >= 0.6 is 22.6 Å². The third-order valence-electron chi connectivity index (χ3n) is 2.90. The lowest BCUT2D eigenvalue weighted by molar-refractivity contribution is -0.266. The summed E-state index contributed by atoms with van der Waals surface area (Å²) in [6, 6.07) is 5.69. The van der Waals surface area contributed by atoms with Gasteiger partial charge in [-0.1, -0.05) is 34.7 Å². The summed E-state index contributed by atoms with van der Waals surface area (Å²) in [5.41, 5.74) is 0. The van der Waals surface area contributed by atoms with Crippen LogP contribution in [0, 0.1) is 5.82 Å². The van der Waals surface area contributed by atoms with Crippen molar-refractivity contribution in [3.05, 3.63) is 30.1 Å². The van der Waals surface area contributed by atoms with Crippen molar-refractivity contribution in [2.45, 2.75) is 30.7 Å². The Balaban J connectivity index is 2.13. The van der Waals surface area contributed by atoms with Gasteiger partial charge in [-0.05, 0) is 12.1 Å². The number of aliphatic hydroxyl groups excluding tert-OH is 3. The minimum Gasteiger partial charge on any atom is -0.459 e. The lowest BCUT2D eigenvalue weighted by Gasteiger charge is -2.39. The second-order valence-corrected chi connectivity index (χ2v) is 5.10. The lowest BCUT2D eigenvalue weighted by atomic mass is 10.00. The van der Waals surface area contributed by atoms with E-state index >= 15 is 0 Å². The summed E-state index contributed by atoms with van der Waals surface area (Å²) in [5.74, 6) is -0.674. The zero-order valence-corrected chi connectivity index (χ0v) is 12.0. The molecule has 0 aliphatic carbocycles. The molecule has 0 unspecified atom stereocenters. The Hall–Kier alpha value is -0.480. The van der Waals surface area contributed by atoms with E-state index in [4.69, 9.17) is 9.47 Å². The summed E-state index contributed by atoms with van der Waals surface area (Å²) in [5, 5.41) is 29.2. The zero-order valence-electron chi connectivity index (χ0n) is 9.82. The third-order valence-corrected chi connectivity index (χ3v) is 3.77. The van der Waals surface area contributed by atoms with Crippen molar-refractivity contribution in [2.24, 2.45) is 0 Å². The first kappa shape index (κ1) is 14.9. The predicted molar refractivity (Wildman–Crippen MR) is 72.6 cm³/mol. The maximum atomic E-state index is 13.4. The second kappa shape index (κ2) is 6.31. The van der Waals surface area contributed by atoms with Gasteiger partial charge in [-0.25, -0.2) is 4.39 Å². The normalized spacial score (nSPS) is 35.1. The van der Waals surface area contributed by atoms with Crippen LogP contribution in [0.2, 0.25) is 0 Å². The highest BCUT2D eigenvalue weighted by Crippen LogP contribution is 2.26. The van der Waals surface area contributed by atoms with Gasteiger partial charge in [-0.15, -0.1) is 0 Å². The molecule has 1 aliphatic heterocycles. The molecule has 1 fully saturated rings. The van der Waals surface area contributed by atoms with Crippen molar-refractivity contribution in [3.63, 3.8) is 0 Å². The topological polar surface area (TPSA) is 79.2 Å². The Bertz CT molecular complexity index is 430. The maximum Gasteiger partial charge on any atom is 0.229 e. The minimum atomic E-state index is -1.45. The number of hydrogen-bond donors (Lipinski definition) is 3. The van der Waals surface area contributed by atoms with E-state index in [1.165, 1.54) is 18.2 Å². The van der Waals surface area contributed by atoms with Gasteiger partial charge >= 0.3 is 0 Å². The Morgan fingerprint density at radius 3 is 2.47 bits per heavy atom. The number of para-hydroxylation sites is 1. The molecule has 7 heteroatoms. The molecule has 3 N–H and O–H groups in total. The molecule has 0 bridgehead atoms. The van der Waals surface area contributed by atoms with E-state index in [1.54, 1.807) is 6.07 Å². The summed E-state index contributed by atoms with van der Waals surface area (Å²) in [6.45, 7) is 0. The highest BCUT2D eigenvalue weighted by molar-refractivity contribution is 14.1. The first-order valence-electron chi connectivity index (χ1n) is 5.71. The fraction of sp³-hybridized carbons (Fsp3) is 0.500. The van der Waals surface area contributed by atoms with E-state index in [0.29, 0.717) is 4.43 Å². The predicted octanol–water partition coefficient (Wildman–Crippen LogP) is 0.447. The maximum absolute atomic E-state index is 13.4. The molecule has 1 aliphatic rings. The summed E-state index contributed by atoms with van der Waals surface area (Å²) in [6.07, 6.45) is -5.96. The Morgan fingerprint density at radius 2 is 1.84 bits per heavy atom. The molecule has 5 atom stereocenters. The minimum absolute atomic E-state index is 0.0812. The van der Waals surface area contributed by atoms with E-state index < -0.39 is 36.5 Å². The van der Waals surface area contributed by atoms with Crippen LogP contribution in [0.3, 0.4) is 0 Å². The first-order chi connectivity index (χ1) is 9.04. The van der Waals surface area contributed by atoms with Crippen LogP contribution in [0.4, 0.5) is 4.39 Å². The quantitative estimate of drug-likeness (QED) is 0.521. The van der Waals surface area contributed by atoms with Crippen LogP contribution in [0.1, 0.15) is 0 Å². The van der Waals surface area contributed by atoms with Gasteiger partial charge in [0.05, 0.1) is 6.10 Å². The second-order valence-electron chi connectivity index (χ2n) is 4.22. The van der Waals surface area contributed by atoms with Crippen LogP contribution in [0.15, 0.2) is 24.3 Å². The molecule has 0 radical (unpaired) electrons. The molecular weight excluding hydrogens is 370 g/mol. The number of halogens is 2. The van der Waals surface area contributed by atoms with Crippen LogP contribution in [-0.4, -0.2) is 50.5 Å². The molecule has 0 amide bonds. The van der Waals surface area contributed by atoms with Gasteiger partial charge in [-0.2, -0.15) is 0 Å². The van der Waals surface area contributed by atoms with Gasteiger partial charge in [0, 0.05) is 4.43 Å². The van der Waals surface area contributed by atoms with Gasteiger partial charge in [-0.3, -0.25) is 0 Å². The Labute approximate surface area is 123 Å². The molecule has 0 aromatic heterocycles. The first-order valence-corrected chi connectivity index (χ1v) is 7.24. The molecular formula is C12H14FIO5. The van der Waals surface area contributed by atoms with Gasteiger partial charge in [0.2, 0.25) is 6.29 Å². The van der Waals surface area contributed by atoms with Crippen molar-refractivity contribution < 1.29 is 29.2 Å². The zero-order chi connectivity index (χ0) is 14.0. The van der Waals surface area contributed by atoms with E-state index in [1.807, 2.05) is 22.6 Å². The smallest absolute Gasteiger partial charge is 0.229 e. The molecule has 106 valence electrons. The van der Waals surface area contributed by atoms with Crippen molar-refractivity contribution >= 4 is 22.6 Å². The number of benzene rings is 1. The highest BCUT2D eigenvalue weighted by Gasteiger charge is 2.44. The fourth-order valence-corrected chi connectivity index (χ4v) is 2.54. The molecule has 5 nitrogen and oxygen atoms in total. The number of hydrogen-bond acceptors (Lipinski definition) is 5. The third kappa shape index (κ3) is 3.16. The Kier molecular flexibility index (Phi) is 4.96. The molecule has 0 spiro atoms. The SMILES string of the molecule is O[C@@H]1[C@H](O)[C@@H](Oc2ccccc2F)O[C@@H](CI)[C@H]1O. The van der Waals surface area contributed by atoms with Gasteiger partial charge in [0.25, 0.3) is 0 Å². The average Bonchev–Trinajstić information content (AvgIpc) is 2.41. The summed E-state index contributed by atoms with van der Waals surface area (Å²) in [7, 11) is 0. The molecule has 19 heavy (non-hydrogen) atoms. The van der Waals surface area contributed by atoms with Crippen molar-refractivity contribution in [1.82, 2.24) is 0 Å². The summed E-state index contributed by atoms with van der Waals surface area (Å²) < 4.78 is 24.4. The van der Waals surface area contributed by atoms with Crippen LogP contribution < -0.4 is 4.74 Å². The lowest BCUT2D eigenvalue weighted by Crippen LogP contribution is -2.59. The van der Waals surface area contributed by atoms with E-state index in [0.717, 1.165) is 0 Å². The van der Waals surface area contributed by atoms with Gasteiger partial charge in [0.1, 0.15) is 18.3 Å². The standard InChI is InChI=1S/C12H14FIO5/c13-6-3-1-2-4-7(6)18-12-11(17)10(16)9(15)8(5-14)19-12/h1-4,8-12,15-17H,5H2/t8-,9+,10-,11-,12-/m0/s1. The van der Waals surface area contributed by atoms with E-state index in [2.05, 4.69) is 0 Å². The number of aliphatic hydroxyl groups is 3. The van der Waals surface area contributed by atoms with Gasteiger partial charge < -0.3 is 24.8 Å². The van der Waals surface area contributed by atoms with Crippen LogP contribution in [0.5, 0.6) is 5.75 Å². The molecule has 1 saturated heterocycles. The molecule has 1 aromatic carbocycles. The highest BCUT2D eigenvalue weighted by atomic mass is 127. The molecule has 0 saturated carbocycles. The van der Waals surface area contributed by atoms with Crippen molar-refractivity contribution in [2.75, 3.05) is 4.43 Å². The monoisotopic (exact) mass is 384 g/mol. The number of alkyl halides is 1. The largest absolute Gasteiger partial charge is 0.459 e. The van der Waals surface area contributed by atoms with E-state index in [9.17, 15) is 19.7 Å². The van der Waals surface area contributed by atoms with Crippen molar-refractivity contribution in [3.8, 4) is 5.75 Å². The van der Waals surface area contributed by atoms with Gasteiger partial charge in [0.15, 0.2) is 11.6 Å². The number of rotatable bonds is 3. The Morgan fingerprint density at radius 1 is 1.16 bits per heavy atom. The molecule has 1 aromatic rings. The summed E-state index contributed by atoms with van der Waals surface area (Å²) in [4.78, 5) is 0. The molecule has 2 rings (SSSR count). The number of ether oxygens (including phenoxy) is 2. The van der Waals surface area contributed by atoms with Crippen LogP contribution in [-0.2, 0) is 4.74 Å². The average molecular weight is 384 g/mol. The van der Waals surface area contributed by atoms with Crippen molar-refractivity contribution in [1.29, 1.82) is 0 Å². The fourth-order valence-electron chi connectivity index (χ4n) is 1.81.